The average molecular weight is 293 g/mol. The Bertz CT molecular complexity index is 544. The molecule has 1 fully saturated rings. The average Bonchev–Trinajstić information content (AvgIpc) is 2.80. The SMILES string of the molecule is CN([C@@H]1CCNC1)S(=O)(=O)c1ccc(F)cc1Cl. The van der Waals surface area contributed by atoms with Crippen molar-refractivity contribution in [3.05, 3.63) is 29.0 Å². The number of halogens is 2. The molecule has 100 valence electrons. The van der Waals surface area contributed by atoms with Gasteiger partial charge in [-0.25, -0.2) is 12.8 Å². The summed E-state index contributed by atoms with van der Waals surface area (Å²) in [4.78, 5) is -0.0556. The van der Waals surface area contributed by atoms with E-state index < -0.39 is 15.8 Å². The summed E-state index contributed by atoms with van der Waals surface area (Å²) in [6, 6.07) is 3.22. The monoisotopic (exact) mass is 292 g/mol. The molecule has 1 N–H and O–H groups in total. The lowest BCUT2D eigenvalue weighted by Crippen LogP contribution is -2.38. The van der Waals surface area contributed by atoms with E-state index in [0.29, 0.717) is 6.54 Å². The predicted octanol–water partition coefficient (Wildman–Crippen LogP) is 1.46. The minimum absolute atomic E-state index is 0.0556. The highest BCUT2D eigenvalue weighted by molar-refractivity contribution is 7.89. The fourth-order valence-electron chi connectivity index (χ4n) is 1.99. The smallest absolute Gasteiger partial charge is 0.244 e. The Morgan fingerprint density at radius 2 is 2.22 bits per heavy atom. The molecule has 4 nitrogen and oxygen atoms in total. The van der Waals surface area contributed by atoms with Crippen LogP contribution in [0.25, 0.3) is 0 Å². The Hall–Kier alpha value is -0.690. The predicted molar refractivity (Wildman–Crippen MR) is 67.6 cm³/mol. The van der Waals surface area contributed by atoms with Crippen molar-refractivity contribution in [3.63, 3.8) is 0 Å². The van der Waals surface area contributed by atoms with Gasteiger partial charge in [-0.3, -0.25) is 0 Å². The number of sulfonamides is 1. The topological polar surface area (TPSA) is 49.4 Å². The maximum atomic E-state index is 12.9. The van der Waals surface area contributed by atoms with Crippen LogP contribution in [0.1, 0.15) is 6.42 Å². The van der Waals surface area contributed by atoms with Crippen molar-refractivity contribution >= 4 is 21.6 Å². The van der Waals surface area contributed by atoms with E-state index in [-0.39, 0.29) is 16.0 Å². The molecule has 0 unspecified atom stereocenters. The van der Waals surface area contributed by atoms with Crippen LogP contribution >= 0.6 is 11.6 Å². The lowest BCUT2D eigenvalue weighted by molar-refractivity contribution is 0.387. The van der Waals surface area contributed by atoms with E-state index in [2.05, 4.69) is 5.32 Å². The van der Waals surface area contributed by atoms with Crippen LogP contribution in [0.2, 0.25) is 5.02 Å². The summed E-state index contributed by atoms with van der Waals surface area (Å²) in [5.41, 5.74) is 0. The second-order valence-electron chi connectivity index (χ2n) is 4.24. The summed E-state index contributed by atoms with van der Waals surface area (Å²) in [6.07, 6.45) is 0.758. The molecule has 0 aromatic heterocycles. The summed E-state index contributed by atoms with van der Waals surface area (Å²) >= 11 is 5.80. The first kappa shape index (κ1) is 13.7. The minimum atomic E-state index is -3.68. The molecule has 2 rings (SSSR count). The van der Waals surface area contributed by atoms with Gasteiger partial charge < -0.3 is 5.32 Å². The summed E-state index contributed by atoms with van der Waals surface area (Å²) in [6.45, 7) is 1.41. The van der Waals surface area contributed by atoms with Gasteiger partial charge in [-0.15, -0.1) is 0 Å². The largest absolute Gasteiger partial charge is 0.315 e. The fraction of sp³-hybridized carbons (Fsp3) is 0.455. The van der Waals surface area contributed by atoms with Crippen molar-refractivity contribution in [2.45, 2.75) is 17.4 Å². The van der Waals surface area contributed by atoms with E-state index in [4.69, 9.17) is 11.6 Å². The molecule has 1 aliphatic rings. The van der Waals surface area contributed by atoms with Gasteiger partial charge in [0.05, 0.1) is 5.02 Å². The van der Waals surface area contributed by atoms with E-state index in [1.54, 1.807) is 0 Å². The quantitative estimate of drug-likeness (QED) is 0.918. The van der Waals surface area contributed by atoms with E-state index >= 15 is 0 Å². The number of likely N-dealkylation sites (N-methyl/N-ethyl adjacent to an activating group) is 1. The summed E-state index contributed by atoms with van der Waals surface area (Å²) < 4.78 is 38.9. The number of hydrogen-bond acceptors (Lipinski definition) is 3. The molecule has 0 radical (unpaired) electrons. The molecule has 1 aliphatic heterocycles. The Morgan fingerprint density at radius 3 is 2.78 bits per heavy atom. The van der Waals surface area contributed by atoms with Crippen molar-refractivity contribution in [3.8, 4) is 0 Å². The molecule has 18 heavy (non-hydrogen) atoms. The molecule has 1 aromatic carbocycles. The number of hydrogen-bond donors (Lipinski definition) is 1. The molecule has 1 atom stereocenters. The molecule has 0 aliphatic carbocycles. The molecule has 0 saturated carbocycles. The van der Waals surface area contributed by atoms with Gasteiger partial charge in [-0.2, -0.15) is 4.31 Å². The first-order chi connectivity index (χ1) is 8.43. The highest BCUT2D eigenvalue weighted by atomic mass is 35.5. The van der Waals surface area contributed by atoms with Crippen LogP contribution in [0.3, 0.4) is 0 Å². The van der Waals surface area contributed by atoms with Gasteiger partial charge in [0.25, 0.3) is 0 Å². The molecule has 7 heteroatoms. The van der Waals surface area contributed by atoms with Crippen LogP contribution in [0.5, 0.6) is 0 Å². The second kappa shape index (κ2) is 5.13. The summed E-state index contributed by atoms with van der Waals surface area (Å²) in [5.74, 6) is -0.552. The summed E-state index contributed by atoms with van der Waals surface area (Å²) in [7, 11) is -2.15. The van der Waals surface area contributed by atoms with Gasteiger partial charge in [0, 0.05) is 19.6 Å². The maximum absolute atomic E-state index is 12.9. The zero-order valence-corrected chi connectivity index (χ0v) is 11.4. The first-order valence-corrected chi connectivity index (χ1v) is 7.38. The van der Waals surface area contributed by atoms with Gasteiger partial charge in [-0.05, 0) is 31.2 Å². The van der Waals surface area contributed by atoms with Crippen LogP contribution in [0.4, 0.5) is 4.39 Å². The van der Waals surface area contributed by atoms with Gasteiger partial charge in [-0.1, -0.05) is 11.6 Å². The van der Waals surface area contributed by atoms with Crippen LogP contribution in [0.15, 0.2) is 23.1 Å². The molecule has 0 bridgehead atoms. The number of nitrogens with zero attached hydrogens (tertiary/aromatic N) is 1. The highest BCUT2D eigenvalue weighted by Gasteiger charge is 2.31. The van der Waals surface area contributed by atoms with Crippen LogP contribution in [0, 0.1) is 5.82 Å². The van der Waals surface area contributed by atoms with Crippen molar-refractivity contribution < 1.29 is 12.8 Å². The van der Waals surface area contributed by atoms with Crippen LogP contribution < -0.4 is 5.32 Å². The lowest BCUT2D eigenvalue weighted by Gasteiger charge is -2.23. The van der Waals surface area contributed by atoms with Crippen LogP contribution in [-0.2, 0) is 10.0 Å². The molecule has 1 saturated heterocycles. The second-order valence-corrected chi connectivity index (χ2v) is 6.62. The Balaban J connectivity index is 2.35. The number of rotatable bonds is 3. The van der Waals surface area contributed by atoms with Crippen LogP contribution in [-0.4, -0.2) is 38.9 Å². The molecule has 1 aromatic rings. The normalized spacial score (nSPS) is 20.6. The molecule has 0 spiro atoms. The van der Waals surface area contributed by atoms with Gasteiger partial charge in [0.2, 0.25) is 10.0 Å². The molecular weight excluding hydrogens is 279 g/mol. The highest BCUT2D eigenvalue weighted by Crippen LogP contribution is 2.26. The molecule has 0 amide bonds. The Morgan fingerprint density at radius 1 is 1.50 bits per heavy atom. The summed E-state index contributed by atoms with van der Waals surface area (Å²) in [5, 5.41) is 3.01. The molecule has 1 heterocycles. The van der Waals surface area contributed by atoms with E-state index in [1.165, 1.54) is 17.4 Å². The van der Waals surface area contributed by atoms with Gasteiger partial charge >= 0.3 is 0 Å². The zero-order valence-electron chi connectivity index (χ0n) is 9.86. The van der Waals surface area contributed by atoms with Crippen molar-refractivity contribution in [2.24, 2.45) is 0 Å². The van der Waals surface area contributed by atoms with Crippen molar-refractivity contribution in [1.82, 2.24) is 9.62 Å². The Labute approximate surface area is 111 Å². The third-order valence-electron chi connectivity index (χ3n) is 3.10. The molecular formula is C11H14ClFN2O2S. The number of benzene rings is 1. The third kappa shape index (κ3) is 2.51. The number of nitrogens with one attached hydrogen (secondary N) is 1. The van der Waals surface area contributed by atoms with Crippen molar-refractivity contribution in [1.29, 1.82) is 0 Å². The van der Waals surface area contributed by atoms with E-state index in [0.717, 1.165) is 25.1 Å². The lowest BCUT2D eigenvalue weighted by atomic mass is 10.3. The maximum Gasteiger partial charge on any atom is 0.244 e. The van der Waals surface area contributed by atoms with E-state index in [9.17, 15) is 12.8 Å². The van der Waals surface area contributed by atoms with Crippen molar-refractivity contribution in [2.75, 3.05) is 20.1 Å². The fourth-order valence-corrected chi connectivity index (χ4v) is 3.87. The zero-order chi connectivity index (χ0) is 13.3. The van der Waals surface area contributed by atoms with E-state index in [1.807, 2.05) is 0 Å². The van der Waals surface area contributed by atoms with Gasteiger partial charge in [0.1, 0.15) is 10.7 Å². The first-order valence-electron chi connectivity index (χ1n) is 5.57. The standard InChI is InChI=1S/C11H14ClFN2O2S/c1-15(9-4-5-14-7-9)18(16,17)11-3-2-8(13)6-10(11)12/h2-3,6,9,14H,4-5,7H2,1H3/t9-/m1/s1. The minimum Gasteiger partial charge on any atom is -0.315 e. The van der Waals surface area contributed by atoms with Gasteiger partial charge in [0.15, 0.2) is 0 Å². The Kier molecular flexibility index (Phi) is 3.91. The third-order valence-corrected chi connectivity index (χ3v) is 5.49.